The molecule has 18 heavy (non-hydrogen) atoms. The second-order valence-corrected chi connectivity index (χ2v) is 10.3. The molecule has 0 aliphatic rings. The fourth-order valence-corrected chi connectivity index (χ4v) is 2.38. The van der Waals surface area contributed by atoms with Crippen LogP contribution in [-0.4, -0.2) is 14.9 Å². The molecule has 0 aromatic carbocycles. The summed E-state index contributed by atoms with van der Waals surface area (Å²) in [5.41, 5.74) is 0. The van der Waals surface area contributed by atoms with Gasteiger partial charge in [-0.3, -0.25) is 0 Å². The zero-order chi connectivity index (χ0) is 14.2. The van der Waals surface area contributed by atoms with Crippen LogP contribution in [0.15, 0.2) is 24.7 Å². The van der Waals surface area contributed by atoms with Crippen molar-refractivity contribution in [1.82, 2.24) is 0 Å². The van der Waals surface area contributed by atoms with Crippen molar-refractivity contribution in [1.29, 1.82) is 0 Å². The van der Waals surface area contributed by atoms with Gasteiger partial charge in [-0.25, -0.2) is 0 Å². The topological polar surface area (TPSA) is 18.5 Å². The second-order valence-electron chi connectivity index (χ2n) is 5.91. The van der Waals surface area contributed by atoms with Gasteiger partial charge in [-0.15, -0.1) is 6.58 Å². The fourth-order valence-electron chi connectivity index (χ4n) is 1.65. The minimum absolute atomic E-state index is 0.487. The monoisotopic (exact) mass is 270 g/mol. The van der Waals surface area contributed by atoms with Crippen LogP contribution in [0.3, 0.4) is 0 Å². The van der Waals surface area contributed by atoms with Gasteiger partial charge < -0.3 is 9.16 Å². The molecule has 0 heterocycles. The first kappa shape index (κ1) is 17.3. The third-order valence-electron chi connectivity index (χ3n) is 2.60. The quantitative estimate of drug-likeness (QED) is 0.335. The number of ether oxygens (including phenoxy) is 1. The molecule has 0 rings (SSSR count). The first-order valence-electron chi connectivity index (χ1n) is 6.94. The molecule has 0 aromatic rings. The van der Waals surface area contributed by atoms with Gasteiger partial charge in [-0.05, 0) is 57.3 Å². The summed E-state index contributed by atoms with van der Waals surface area (Å²) >= 11 is 0. The highest BCUT2D eigenvalue weighted by Crippen LogP contribution is 2.23. The van der Waals surface area contributed by atoms with Crippen molar-refractivity contribution in [2.24, 2.45) is 11.8 Å². The molecule has 0 N–H and O–H groups in total. The Morgan fingerprint density at radius 3 is 2.28 bits per heavy atom. The number of hydrogen-bond acceptors (Lipinski definition) is 2. The first-order valence-corrected chi connectivity index (χ1v) is 10.4. The molecule has 2 nitrogen and oxygen atoms in total. The van der Waals surface area contributed by atoms with E-state index in [0.29, 0.717) is 18.4 Å². The number of hydrogen-bond donors (Lipinski definition) is 0. The largest absolute Gasteiger partial charge is 0.520 e. The molecule has 0 aliphatic carbocycles. The van der Waals surface area contributed by atoms with Gasteiger partial charge in [0, 0.05) is 0 Å². The molecule has 0 amide bonds. The maximum Gasteiger partial charge on any atom is 0.261 e. The molecule has 0 saturated carbocycles. The molecule has 0 aromatic heterocycles. The van der Waals surface area contributed by atoms with Crippen LogP contribution in [0.25, 0.3) is 0 Å². The molecule has 0 bridgehead atoms. The highest BCUT2D eigenvalue weighted by molar-refractivity contribution is 6.69. The fraction of sp³-hybridized carbons (Fsp3) is 0.733. The Balaban J connectivity index is 4.79. The molecule has 0 radical (unpaired) electrons. The van der Waals surface area contributed by atoms with Crippen molar-refractivity contribution >= 4 is 8.32 Å². The van der Waals surface area contributed by atoms with E-state index in [0.717, 1.165) is 18.8 Å². The summed E-state index contributed by atoms with van der Waals surface area (Å²) in [4.78, 5) is 0. The summed E-state index contributed by atoms with van der Waals surface area (Å²) in [6.07, 6.45) is 6.28. The van der Waals surface area contributed by atoms with Crippen LogP contribution in [0.2, 0.25) is 19.6 Å². The summed E-state index contributed by atoms with van der Waals surface area (Å²) in [5, 5.41) is 0. The molecule has 0 spiro atoms. The molecule has 106 valence electrons. The van der Waals surface area contributed by atoms with Crippen molar-refractivity contribution in [3.05, 3.63) is 24.7 Å². The van der Waals surface area contributed by atoms with Gasteiger partial charge in [-0.2, -0.15) is 0 Å². The highest BCUT2D eigenvalue weighted by Gasteiger charge is 2.20. The Bertz CT molecular complexity index is 264. The Morgan fingerprint density at radius 2 is 1.89 bits per heavy atom. The smallest absolute Gasteiger partial charge is 0.261 e. The summed E-state index contributed by atoms with van der Waals surface area (Å²) in [5.74, 6) is 1.80. The molecule has 0 aliphatic heterocycles. The minimum Gasteiger partial charge on any atom is -0.520 e. The summed E-state index contributed by atoms with van der Waals surface area (Å²) in [6.45, 7) is 17.4. The van der Waals surface area contributed by atoms with Crippen LogP contribution in [0.4, 0.5) is 0 Å². The van der Waals surface area contributed by atoms with E-state index in [2.05, 4.69) is 46.1 Å². The Morgan fingerprint density at radius 1 is 1.28 bits per heavy atom. The lowest BCUT2D eigenvalue weighted by Crippen LogP contribution is -2.26. The normalized spacial score (nSPS) is 14.5. The van der Waals surface area contributed by atoms with Crippen molar-refractivity contribution in [3.63, 3.8) is 0 Å². The van der Waals surface area contributed by atoms with Crippen LogP contribution in [0.1, 0.15) is 33.6 Å². The number of allylic oxidation sites excluding steroid dienone is 2. The van der Waals surface area contributed by atoms with Crippen LogP contribution in [-0.2, 0) is 9.16 Å². The molecule has 1 unspecified atom stereocenters. The van der Waals surface area contributed by atoms with E-state index in [1.54, 1.807) is 0 Å². The van der Waals surface area contributed by atoms with Crippen LogP contribution >= 0.6 is 0 Å². The minimum atomic E-state index is -1.60. The van der Waals surface area contributed by atoms with E-state index >= 15 is 0 Å². The molecule has 1 atom stereocenters. The van der Waals surface area contributed by atoms with Gasteiger partial charge in [-0.1, -0.05) is 19.9 Å². The van der Waals surface area contributed by atoms with E-state index in [9.17, 15) is 0 Å². The third-order valence-corrected chi connectivity index (χ3v) is 3.42. The lowest BCUT2D eigenvalue weighted by atomic mass is 9.91. The predicted octanol–water partition coefficient (Wildman–Crippen LogP) is 4.95. The van der Waals surface area contributed by atoms with E-state index in [1.807, 2.05) is 13.0 Å². The van der Waals surface area contributed by atoms with E-state index in [1.165, 1.54) is 0 Å². The van der Waals surface area contributed by atoms with E-state index in [4.69, 9.17) is 9.16 Å². The lowest BCUT2D eigenvalue weighted by Gasteiger charge is -2.24. The summed E-state index contributed by atoms with van der Waals surface area (Å²) < 4.78 is 11.6. The Labute approximate surface area is 114 Å². The van der Waals surface area contributed by atoms with Gasteiger partial charge >= 0.3 is 0 Å². The average molecular weight is 270 g/mol. The van der Waals surface area contributed by atoms with Gasteiger partial charge in [0.15, 0.2) is 0 Å². The van der Waals surface area contributed by atoms with Gasteiger partial charge in [0.05, 0.1) is 6.61 Å². The third kappa shape index (κ3) is 8.40. The van der Waals surface area contributed by atoms with Gasteiger partial charge in [0.1, 0.15) is 0 Å². The maximum absolute atomic E-state index is 5.99. The van der Waals surface area contributed by atoms with Crippen molar-refractivity contribution in [2.45, 2.75) is 53.3 Å². The molecule has 0 saturated heterocycles. The Hall–Kier alpha value is -0.703. The Kier molecular flexibility index (Phi) is 8.08. The molecule has 3 heteroatoms. The number of rotatable bonds is 9. The van der Waals surface area contributed by atoms with E-state index in [-0.39, 0.29) is 0 Å². The highest BCUT2D eigenvalue weighted by atomic mass is 28.4. The predicted molar refractivity (Wildman–Crippen MR) is 81.9 cm³/mol. The van der Waals surface area contributed by atoms with Crippen molar-refractivity contribution in [3.8, 4) is 0 Å². The van der Waals surface area contributed by atoms with Crippen molar-refractivity contribution in [2.75, 3.05) is 6.61 Å². The van der Waals surface area contributed by atoms with Crippen LogP contribution < -0.4 is 0 Å². The molecular formula is C15H30O2Si. The summed E-state index contributed by atoms with van der Waals surface area (Å²) in [7, 11) is -1.60. The first-order chi connectivity index (χ1) is 8.30. The molecular weight excluding hydrogens is 240 g/mol. The lowest BCUT2D eigenvalue weighted by molar-refractivity contribution is 0.107. The van der Waals surface area contributed by atoms with Gasteiger partial charge in [0.2, 0.25) is 8.32 Å². The van der Waals surface area contributed by atoms with Gasteiger partial charge in [0.25, 0.3) is 5.95 Å². The zero-order valence-corrected chi connectivity index (χ0v) is 14.0. The average Bonchev–Trinajstić information content (AvgIpc) is 2.21. The second kappa shape index (κ2) is 8.41. The van der Waals surface area contributed by atoms with Crippen molar-refractivity contribution < 1.29 is 9.16 Å². The van der Waals surface area contributed by atoms with Crippen LogP contribution in [0.5, 0.6) is 0 Å². The van der Waals surface area contributed by atoms with E-state index < -0.39 is 8.32 Å². The standard InChI is InChI=1S/C15H30O2Si/c1-8-10-11-14(13(3)4)12-15(16-9-2)17-18(5,6)7/h8,12-14H,1,9-11H2,2-7H3/b15-12-. The van der Waals surface area contributed by atoms with Crippen LogP contribution in [0, 0.1) is 11.8 Å². The zero-order valence-electron chi connectivity index (χ0n) is 13.0. The summed E-state index contributed by atoms with van der Waals surface area (Å²) in [6, 6.07) is 0. The maximum atomic E-state index is 5.99. The molecule has 0 fully saturated rings. The SMILES string of the molecule is C=CCCC(/C=C(/OCC)O[Si](C)(C)C)C(C)C.